The van der Waals surface area contributed by atoms with Crippen molar-refractivity contribution in [1.82, 2.24) is 25.0 Å². The highest BCUT2D eigenvalue weighted by Gasteiger charge is 2.17. The summed E-state index contributed by atoms with van der Waals surface area (Å²) < 4.78 is 7.38. The van der Waals surface area contributed by atoms with Crippen molar-refractivity contribution in [3.8, 4) is 0 Å². The fourth-order valence-corrected chi connectivity index (χ4v) is 3.41. The molecule has 0 aliphatic rings. The van der Waals surface area contributed by atoms with E-state index in [1.165, 1.54) is 0 Å². The number of carbonyl (C=O) groups excluding carboxylic acids is 1. The van der Waals surface area contributed by atoms with Gasteiger partial charge >= 0.3 is 0 Å². The van der Waals surface area contributed by atoms with Gasteiger partial charge in [-0.2, -0.15) is 0 Å². The number of rotatable bonds is 5. The smallest absolute Gasteiger partial charge is 0.258 e. The van der Waals surface area contributed by atoms with Crippen LogP contribution in [0.1, 0.15) is 34.0 Å². The van der Waals surface area contributed by atoms with E-state index in [0.717, 1.165) is 35.5 Å². The Labute approximate surface area is 156 Å². The summed E-state index contributed by atoms with van der Waals surface area (Å²) in [5.74, 6) is 0.845. The number of carbonyl (C=O) groups is 1. The van der Waals surface area contributed by atoms with Crippen LogP contribution in [-0.4, -0.2) is 32.1 Å². The van der Waals surface area contributed by atoms with Crippen molar-refractivity contribution in [3.05, 3.63) is 53.1 Å². The SMILES string of the molecule is Cc1cc(C(=O)NCCCn2c(C)nc3ccccc32)c2c(C)noc2n1. The lowest BCUT2D eigenvalue weighted by molar-refractivity contribution is 0.0954. The van der Waals surface area contributed by atoms with Gasteiger partial charge in [0.2, 0.25) is 0 Å². The molecule has 0 atom stereocenters. The minimum atomic E-state index is -0.135. The van der Waals surface area contributed by atoms with Crippen LogP contribution < -0.4 is 5.32 Å². The number of hydrogen-bond donors (Lipinski definition) is 1. The van der Waals surface area contributed by atoms with Crippen molar-refractivity contribution in [2.24, 2.45) is 0 Å². The first-order chi connectivity index (χ1) is 13.0. The summed E-state index contributed by atoms with van der Waals surface area (Å²) in [5, 5.41) is 7.59. The monoisotopic (exact) mass is 363 g/mol. The molecule has 3 heterocycles. The zero-order valence-electron chi connectivity index (χ0n) is 15.6. The quantitative estimate of drug-likeness (QED) is 0.550. The molecule has 0 spiro atoms. The fraction of sp³-hybridized carbons (Fsp3) is 0.300. The van der Waals surface area contributed by atoms with E-state index in [1.807, 2.05) is 39.0 Å². The van der Waals surface area contributed by atoms with E-state index < -0.39 is 0 Å². The molecule has 7 heteroatoms. The Morgan fingerprint density at radius 1 is 1.19 bits per heavy atom. The maximum Gasteiger partial charge on any atom is 0.258 e. The first kappa shape index (κ1) is 17.2. The standard InChI is InChI=1S/C20H21N5O2/c1-12-11-15(18-13(2)24-27-20(18)22-12)19(26)21-9-6-10-25-14(3)23-16-7-4-5-8-17(16)25/h4-5,7-8,11H,6,9-10H2,1-3H3,(H,21,26). The van der Waals surface area contributed by atoms with Gasteiger partial charge in [-0.3, -0.25) is 4.79 Å². The van der Waals surface area contributed by atoms with Crippen LogP contribution in [0.15, 0.2) is 34.9 Å². The first-order valence-electron chi connectivity index (χ1n) is 8.98. The van der Waals surface area contributed by atoms with Gasteiger partial charge in [0.15, 0.2) is 0 Å². The van der Waals surface area contributed by atoms with Crippen molar-refractivity contribution >= 4 is 28.0 Å². The number of amides is 1. The molecule has 0 saturated carbocycles. The molecule has 138 valence electrons. The van der Waals surface area contributed by atoms with Gasteiger partial charge in [0.05, 0.1) is 27.7 Å². The summed E-state index contributed by atoms with van der Waals surface area (Å²) in [6.07, 6.45) is 0.808. The average molecular weight is 363 g/mol. The van der Waals surface area contributed by atoms with Crippen LogP contribution in [0.2, 0.25) is 0 Å². The molecule has 0 fully saturated rings. The van der Waals surface area contributed by atoms with E-state index in [-0.39, 0.29) is 5.91 Å². The van der Waals surface area contributed by atoms with Crippen LogP contribution in [0.25, 0.3) is 22.1 Å². The second kappa shape index (κ2) is 6.83. The van der Waals surface area contributed by atoms with Gasteiger partial charge in [0, 0.05) is 18.8 Å². The van der Waals surface area contributed by atoms with Crippen LogP contribution in [-0.2, 0) is 6.54 Å². The Balaban J connectivity index is 1.44. The second-order valence-corrected chi connectivity index (χ2v) is 6.67. The summed E-state index contributed by atoms with van der Waals surface area (Å²) >= 11 is 0. The molecule has 0 bridgehead atoms. The van der Waals surface area contributed by atoms with E-state index in [0.29, 0.717) is 28.9 Å². The predicted molar refractivity (Wildman–Crippen MR) is 103 cm³/mol. The van der Waals surface area contributed by atoms with Gasteiger partial charge in [-0.1, -0.05) is 17.3 Å². The molecule has 0 aliphatic heterocycles. The van der Waals surface area contributed by atoms with Gasteiger partial charge in [0.1, 0.15) is 5.82 Å². The summed E-state index contributed by atoms with van der Waals surface area (Å²) in [6, 6.07) is 9.86. The maximum absolute atomic E-state index is 12.7. The summed E-state index contributed by atoms with van der Waals surface area (Å²) in [5.41, 5.74) is 4.47. The molecule has 0 aliphatic carbocycles. The van der Waals surface area contributed by atoms with Crippen LogP contribution in [0.4, 0.5) is 0 Å². The molecule has 1 N–H and O–H groups in total. The maximum atomic E-state index is 12.7. The Morgan fingerprint density at radius 3 is 2.85 bits per heavy atom. The lowest BCUT2D eigenvalue weighted by atomic mass is 10.1. The molecule has 4 rings (SSSR count). The van der Waals surface area contributed by atoms with E-state index in [1.54, 1.807) is 6.07 Å². The number of nitrogens with zero attached hydrogens (tertiary/aromatic N) is 4. The van der Waals surface area contributed by atoms with E-state index in [9.17, 15) is 4.79 Å². The Morgan fingerprint density at radius 2 is 2.00 bits per heavy atom. The Bertz CT molecular complexity index is 1140. The largest absolute Gasteiger partial charge is 0.352 e. The van der Waals surface area contributed by atoms with Crippen molar-refractivity contribution in [2.75, 3.05) is 6.54 Å². The van der Waals surface area contributed by atoms with Crippen molar-refractivity contribution < 1.29 is 9.32 Å². The number of pyridine rings is 1. The van der Waals surface area contributed by atoms with E-state index in [4.69, 9.17) is 4.52 Å². The number of nitrogens with one attached hydrogen (secondary N) is 1. The lowest BCUT2D eigenvalue weighted by Gasteiger charge is -2.09. The molecule has 3 aromatic heterocycles. The molecular formula is C20H21N5O2. The number of aromatic nitrogens is 4. The average Bonchev–Trinajstić information content (AvgIpc) is 3.17. The van der Waals surface area contributed by atoms with Crippen LogP contribution in [0.3, 0.4) is 0 Å². The minimum absolute atomic E-state index is 0.135. The highest BCUT2D eigenvalue weighted by atomic mass is 16.5. The fourth-order valence-electron chi connectivity index (χ4n) is 3.41. The summed E-state index contributed by atoms with van der Waals surface area (Å²) in [6.45, 7) is 7.01. The molecule has 1 amide bonds. The minimum Gasteiger partial charge on any atom is -0.352 e. The zero-order valence-corrected chi connectivity index (χ0v) is 15.6. The molecule has 4 aromatic rings. The second-order valence-electron chi connectivity index (χ2n) is 6.67. The van der Waals surface area contributed by atoms with E-state index >= 15 is 0 Å². The number of imidazole rings is 1. The zero-order chi connectivity index (χ0) is 19.0. The Kier molecular flexibility index (Phi) is 4.35. The summed E-state index contributed by atoms with van der Waals surface area (Å²) in [7, 11) is 0. The predicted octanol–water partition coefficient (Wildman–Crippen LogP) is 3.32. The van der Waals surface area contributed by atoms with Gasteiger partial charge in [-0.15, -0.1) is 0 Å². The van der Waals surface area contributed by atoms with Crippen molar-refractivity contribution in [2.45, 2.75) is 33.7 Å². The highest BCUT2D eigenvalue weighted by Crippen LogP contribution is 2.22. The molecule has 0 unspecified atom stereocenters. The van der Waals surface area contributed by atoms with Crippen molar-refractivity contribution in [3.63, 3.8) is 0 Å². The third-order valence-corrected chi connectivity index (χ3v) is 4.68. The Hall–Kier alpha value is -3.22. The number of para-hydroxylation sites is 2. The van der Waals surface area contributed by atoms with Crippen molar-refractivity contribution in [1.29, 1.82) is 0 Å². The molecule has 7 nitrogen and oxygen atoms in total. The topological polar surface area (TPSA) is 85.8 Å². The third kappa shape index (κ3) is 3.16. The van der Waals surface area contributed by atoms with Gasteiger partial charge in [-0.25, -0.2) is 9.97 Å². The number of fused-ring (bicyclic) bond motifs is 2. The number of benzene rings is 1. The number of aryl methyl sites for hydroxylation is 4. The molecule has 27 heavy (non-hydrogen) atoms. The third-order valence-electron chi connectivity index (χ3n) is 4.68. The molecule has 1 aromatic carbocycles. The van der Waals surface area contributed by atoms with Gasteiger partial charge in [-0.05, 0) is 45.4 Å². The normalized spacial score (nSPS) is 11.4. The van der Waals surface area contributed by atoms with Crippen LogP contribution in [0.5, 0.6) is 0 Å². The lowest BCUT2D eigenvalue weighted by Crippen LogP contribution is -2.25. The first-order valence-corrected chi connectivity index (χ1v) is 8.98. The number of hydrogen-bond acceptors (Lipinski definition) is 5. The van der Waals surface area contributed by atoms with Crippen LogP contribution >= 0.6 is 0 Å². The van der Waals surface area contributed by atoms with Crippen LogP contribution in [0, 0.1) is 20.8 Å². The van der Waals surface area contributed by atoms with Gasteiger partial charge < -0.3 is 14.4 Å². The summed E-state index contributed by atoms with van der Waals surface area (Å²) in [4.78, 5) is 21.5. The van der Waals surface area contributed by atoms with Gasteiger partial charge in [0.25, 0.3) is 11.6 Å². The molecule has 0 radical (unpaired) electrons. The molecule has 0 saturated heterocycles. The van der Waals surface area contributed by atoms with E-state index in [2.05, 4.69) is 31.1 Å². The molecular weight excluding hydrogens is 342 g/mol. The highest BCUT2D eigenvalue weighted by molar-refractivity contribution is 6.06.